The second-order valence-electron chi connectivity index (χ2n) is 4.21. The number of hydrogen-bond acceptors (Lipinski definition) is 5. The first-order valence-corrected chi connectivity index (χ1v) is 6.15. The van der Waals surface area contributed by atoms with E-state index >= 15 is 0 Å². The van der Waals surface area contributed by atoms with Crippen molar-refractivity contribution in [2.24, 2.45) is 5.73 Å². The summed E-state index contributed by atoms with van der Waals surface area (Å²) in [6, 6.07) is 7.62. The van der Waals surface area contributed by atoms with Gasteiger partial charge in [-0.05, 0) is 31.5 Å². The van der Waals surface area contributed by atoms with Gasteiger partial charge in [0.05, 0.1) is 12.8 Å². The number of para-hydroxylation sites is 1. The summed E-state index contributed by atoms with van der Waals surface area (Å²) in [6.45, 7) is 2.75. The van der Waals surface area contributed by atoms with Crippen LogP contribution in [0, 0.1) is 6.92 Å². The Balaban J connectivity index is 2.17. The van der Waals surface area contributed by atoms with Gasteiger partial charge in [0.2, 0.25) is 0 Å². The average molecular weight is 262 g/mol. The summed E-state index contributed by atoms with van der Waals surface area (Å²) in [5.74, 6) is 2.09. The maximum Gasteiger partial charge on any atom is 0.174 e. The molecule has 0 amide bonds. The van der Waals surface area contributed by atoms with Crippen LogP contribution in [0.25, 0.3) is 0 Å². The Labute approximate surface area is 112 Å². The van der Waals surface area contributed by atoms with E-state index in [0.29, 0.717) is 30.4 Å². The van der Waals surface area contributed by atoms with Gasteiger partial charge in [-0.2, -0.15) is 0 Å². The lowest BCUT2D eigenvalue weighted by Gasteiger charge is -2.13. The molecule has 0 fully saturated rings. The molecule has 19 heavy (non-hydrogen) atoms. The Bertz CT molecular complexity index is 537. The number of benzene rings is 1. The Morgan fingerprint density at radius 2 is 2.21 bits per heavy atom. The third-order valence-corrected chi connectivity index (χ3v) is 2.73. The van der Waals surface area contributed by atoms with E-state index in [0.717, 1.165) is 17.7 Å². The van der Waals surface area contributed by atoms with Gasteiger partial charge >= 0.3 is 0 Å². The average Bonchev–Trinajstić information content (AvgIpc) is 2.83. The Morgan fingerprint density at radius 3 is 2.84 bits per heavy atom. The number of methoxy groups -OCH3 is 1. The minimum Gasteiger partial charge on any atom is -0.493 e. The monoisotopic (exact) mass is 262 g/mol. The summed E-state index contributed by atoms with van der Waals surface area (Å²) in [7, 11) is 1.62. The number of hydrogen-bond donors (Lipinski definition) is 1. The first-order chi connectivity index (χ1) is 9.24. The van der Waals surface area contributed by atoms with Crippen LogP contribution in [-0.2, 0) is 13.0 Å². The molecule has 0 radical (unpaired) electrons. The first-order valence-electron chi connectivity index (χ1n) is 6.15. The molecule has 2 N–H and O–H groups in total. The molecule has 1 aromatic carbocycles. The molecule has 0 atom stereocenters. The van der Waals surface area contributed by atoms with Gasteiger partial charge in [-0.3, -0.25) is 0 Å². The summed E-state index contributed by atoms with van der Waals surface area (Å²) in [6.07, 6.45) is 0.738. The molecule has 2 rings (SSSR count). The molecule has 5 nitrogen and oxygen atoms in total. The molecule has 0 aliphatic rings. The number of aromatic nitrogens is 1. The van der Waals surface area contributed by atoms with Crippen molar-refractivity contribution >= 4 is 0 Å². The van der Waals surface area contributed by atoms with E-state index < -0.39 is 0 Å². The highest BCUT2D eigenvalue weighted by Gasteiger charge is 2.11. The van der Waals surface area contributed by atoms with E-state index in [9.17, 15) is 0 Å². The zero-order chi connectivity index (χ0) is 13.7. The van der Waals surface area contributed by atoms with Crippen molar-refractivity contribution in [3.63, 3.8) is 0 Å². The van der Waals surface area contributed by atoms with E-state index in [4.69, 9.17) is 19.7 Å². The number of nitrogens with two attached hydrogens (primary N) is 1. The van der Waals surface area contributed by atoms with Crippen LogP contribution in [0.4, 0.5) is 0 Å². The van der Waals surface area contributed by atoms with E-state index in [1.807, 2.05) is 31.2 Å². The molecule has 0 spiro atoms. The van der Waals surface area contributed by atoms with Crippen LogP contribution in [0.2, 0.25) is 0 Å². The van der Waals surface area contributed by atoms with Gasteiger partial charge < -0.3 is 19.7 Å². The highest BCUT2D eigenvalue weighted by atomic mass is 16.5. The molecule has 102 valence electrons. The predicted octanol–water partition coefficient (Wildman–Crippen LogP) is 2.07. The zero-order valence-corrected chi connectivity index (χ0v) is 11.2. The van der Waals surface area contributed by atoms with Crippen LogP contribution >= 0.6 is 0 Å². The minimum atomic E-state index is 0.318. The van der Waals surface area contributed by atoms with Crippen LogP contribution in [0.3, 0.4) is 0 Å². The fourth-order valence-corrected chi connectivity index (χ4v) is 1.87. The van der Waals surface area contributed by atoms with Crippen molar-refractivity contribution in [2.45, 2.75) is 20.0 Å². The second-order valence-corrected chi connectivity index (χ2v) is 4.21. The Morgan fingerprint density at radius 1 is 1.37 bits per heavy atom. The number of rotatable bonds is 6. The molecule has 0 saturated carbocycles. The molecular weight excluding hydrogens is 244 g/mol. The Kier molecular flexibility index (Phi) is 4.41. The number of nitrogens with zero attached hydrogens (tertiary/aromatic N) is 1. The molecule has 0 bridgehead atoms. The van der Waals surface area contributed by atoms with Gasteiger partial charge in [0, 0.05) is 6.07 Å². The summed E-state index contributed by atoms with van der Waals surface area (Å²) in [4.78, 5) is 0. The SMILES string of the molecule is COc1cccc(CCN)c1OCc1cc(C)no1. The van der Waals surface area contributed by atoms with E-state index in [1.165, 1.54) is 0 Å². The van der Waals surface area contributed by atoms with Gasteiger partial charge in [-0.25, -0.2) is 0 Å². The fraction of sp³-hybridized carbons (Fsp3) is 0.357. The number of ether oxygens (including phenoxy) is 2. The zero-order valence-electron chi connectivity index (χ0n) is 11.2. The summed E-state index contributed by atoms with van der Waals surface area (Å²) in [5.41, 5.74) is 7.47. The fourth-order valence-electron chi connectivity index (χ4n) is 1.87. The molecule has 1 aromatic heterocycles. The van der Waals surface area contributed by atoms with Crippen LogP contribution < -0.4 is 15.2 Å². The van der Waals surface area contributed by atoms with Crippen LogP contribution in [0.15, 0.2) is 28.8 Å². The second kappa shape index (κ2) is 6.24. The molecule has 0 unspecified atom stereocenters. The smallest absolute Gasteiger partial charge is 0.174 e. The summed E-state index contributed by atoms with van der Waals surface area (Å²) < 4.78 is 16.2. The first kappa shape index (κ1) is 13.4. The van der Waals surface area contributed by atoms with E-state index in [1.54, 1.807) is 7.11 Å². The molecule has 2 aromatic rings. The molecular formula is C14H18N2O3. The lowest BCUT2D eigenvalue weighted by Crippen LogP contribution is -2.06. The highest BCUT2D eigenvalue weighted by molar-refractivity contribution is 5.46. The quantitative estimate of drug-likeness (QED) is 0.863. The van der Waals surface area contributed by atoms with E-state index in [2.05, 4.69) is 5.16 Å². The summed E-state index contributed by atoms with van der Waals surface area (Å²) >= 11 is 0. The molecule has 1 heterocycles. The van der Waals surface area contributed by atoms with Crippen molar-refractivity contribution < 1.29 is 14.0 Å². The van der Waals surface area contributed by atoms with Gasteiger partial charge in [0.1, 0.15) is 6.61 Å². The normalized spacial score (nSPS) is 10.5. The Hall–Kier alpha value is -2.01. The third-order valence-electron chi connectivity index (χ3n) is 2.73. The lowest BCUT2D eigenvalue weighted by molar-refractivity contribution is 0.237. The molecule has 0 saturated heterocycles. The molecule has 0 aliphatic heterocycles. The predicted molar refractivity (Wildman–Crippen MR) is 71.3 cm³/mol. The van der Waals surface area contributed by atoms with E-state index in [-0.39, 0.29) is 0 Å². The van der Waals surface area contributed by atoms with Crippen LogP contribution in [0.1, 0.15) is 17.0 Å². The summed E-state index contributed by atoms with van der Waals surface area (Å²) in [5, 5.41) is 3.82. The van der Waals surface area contributed by atoms with Crippen LogP contribution in [-0.4, -0.2) is 18.8 Å². The van der Waals surface area contributed by atoms with Gasteiger partial charge in [0.15, 0.2) is 17.3 Å². The highest BCUT2D eigenvalue weighted by Crippen LogP contribution is 2.32. The lowest BCUT2D eigenvalue weighted by atomic mass is 10.1. The van der Waals surface area contributed by atoms with Gasteiger partial charge in [-0.1, -0.05) is 17.3 Å². The maximum atomic E-state index is 5.80. The molecule has 5 heteroatoms. The van der Waals surface area contributed by atoms with Crippen molar-refractivity contribution in [3.05, 3.63) is 41.3 Å². The standard InChI is InChI=1S/C14H18N2O3/c1-10-8-12(19-16-10)9-18-14-11(6-7-15)4-3-5-13(14)17-2/h3-5,8H,6-7,9,15H2,1-2H3. The largest absolute Gasteiger partial charge is 0.493 e. The van der Waals surface area contributed by atoms with Crippen LogP contribution in [0.5, 0.6) is 11.5 Å². The maximum absolute atomic E-state index is 5.80. The van der Waals surface area contributed by atoms with Gasteiger partial charge in [-0.15, -0.1) is 0 Å². The minimum absolute atomic E-state index is 0.318. The van der Waals surface area contributed by atoms with Gasteiger partial charge in [0.25, 0.3) is 0 Å². The number of aryl methyl sites for hydroxylation is 1. The van der Waals surface area contributed by atoms with Crippen molar-refractivity contribution in [1.82, 2.24) is 5.16 Å². The van der Waals surface area contributed by atoms with Crippen molar-refractivity contribution in [1.29, 1.82) is 0 Å². The van der Waals surface area contributed by atoms with Crippen molar-refractivity contribution in [3.8, 4) is 11.5 Å². The third kappa shape index (κ3) is 3.26. The molecule has 0 aliphatic carbocycles. The topological polar surface area (TPSA) is 70.5 Å². The van der Waals surface area contributed by atoms with Crippen molar-refractivity contribution in [2.75, 3.05) is 13.7 Å².